The summed E-state index contributed by atoms with van der Waals surface area (Å²) in [5, 5.41) is 6.55. The summed E-state index contributed by atoms with van der Waals surface area (Å²) in [6.45, 7) is 1.87. The summed E-state index contributed by atoms with van der Waals surface area (Å²) in [4.78, 5) is 16.1. The van der Waals surface area contributed by atoms with Gasteiger partial charge in [0.25, 0.3) is 0 Å². The third-order valence-corrected chi connectivity index (χ3v) is 3.92. The molecular weight excluding hydrogens is 240 g/mol. The molecule has 0 amide bonds. The Bertz CT molecular complexity index is 474. The Morgan fingerprint density at radius 2 is 2.38 bits per heavy atom. The van der Waals surface area contributed by atoms with Crippen molar-refractivity contribution in [1.82, 2.24) is 4.98 Å². The summed E-state index contributed by atoms with van der Waals surface area (Å²) in [6, 6.07) is 1.86. The molecule has 0 bridgehead atoms. The third-order valence-electron chi connectivity index (χ3n) is 2.14. The number of nitrogens with zero attached hydrogens (tertiary/aromatic N) is 1. The second-order valence-electron chi connectivity index (χ2n) is 3.59. The zero-order valence-corrected chi connectivity index (χ0v) is 10.5. The lowest BCUT2D eigenvalue weighted by molar-refractivity contribution is 0.0989. The Hall–Kier alpha value is -1.04. The van der Waals surface area contributed by atoms with E-state index in [1.165, 1.54) is 11.3 Å². The van der Waals surface area contributed by atoms with Crippen LogP contribution in [0.3, 0.4) is 0 Å². The molecule has 2 aromatic rings. The zero-order valence-electron chi connectivity index (χ0n) is 8.84. The van der Waals surface area contributed by atoms with Crippen LogP contribution in [0.25, 0.3) is 0 Å². The van der Waals surface area contributed by atoms with Crippen molar-refractivity contribution in [1.29, 1.82) is 0 Å². The second kappa shape index (κ2) is 4.86. The molecule has 84 valence electrons. The molecule has 3 nitrogen and oxygen atoms in total. The van der Waals surface area contributed by atoms with E-state index in [9.17, 15) is 4.79 Å². The molecule has 0 aliphatic rings. The van der Waals surface area contributed by atoms with Crippen LogP contribution in [0, 0.1) is 0 Å². The fraction of sp³-hybridized carbons (Fsp3) is 0.273. The number of thiazole rings is 1. The van der Waals surface area contributed by atoms with Gasteiger partial charge in [-0.25, -0.2) is 4.98 Å². The van der Waals surface area contributed by atoms with E-state index in [0.29, 0.717) is 12.1 Å². The lowest BCUT2D eigenvalue weighted by atomic mass is 10.1. The quantitative estimate of drug-likeness (QED) is 0.851. The SMILES string of the molecule is CC(N)c1nc(C(=O)Cc2ccsc2)cs1. The number of carbonyl (C=O) groups excluding carboxylic acids is 1. The van der Waals surface area contributed by atoms with E-state index in [2.05, 4.69) is 4.98 Å². The van der Waals surface area contributed by atoms with Gasteiger partial charge in [-0.3, -0.25) is 4.79 Å². The summed E-state index contributed by atoms with van der Waals surface area (Å²) < 4.78 is 0. The van der Waals surface area contributed by atoms with Crippen molar-refractivity contribution in [2.24, 2.45) is 5.73 Å². The molecule has 2 heterocycles. The first kappa shape index (κ1) is 11.4. The van der Waals surface area contributed by atoms with Crippen LogP contribution in [0.15, 0.2) is 22.2 Å². The van der Waals surface area contributed by atoms with Crippen molar-refractivity contribution in [2.45, 2.75) is 19.4 Å². The van der Waals surface area contributed by atoms with Gasteiger partial charge in [-0.2, -0.15) is 11.3 Å². The van der Waals surface area contributed by atoms with E-state index in [0.717, 1.165) is 10.6 Å². The highest BCUT2D eigenvalue weighted by atomic mass is 32.1. The minimum absolute atomic E-state index is 0.0570. The van der Waals surface area contributed by atoms with E-state index < -0.39 is 0 Å². The van der Waals surface area contributed by atoms with Gasteiger partial charge in [-0.1, -0.05) is 0 Å². The Morgan fingerprint density at radius 1 is 1.56 bits per heavy atom. The molecule has 0 aliphatic carbocycles. The molecule has 2 aromatic heterocycles. The van der Waals surface area contributed by atoms with Gasteiger partial charge in [-0.15, -0.1) is 11.3 Å². The van der Waals surface area contributed by atoms with Gasteiger partial charge in [-0.05, 0) is 29.3 Å². The normalized spacial score (nSPS) is 12.6. The molecule has 16 heavy (non-hydrogen) atoms. The van der Waals surface area contributed by atoms with Gasteiger partial charge >= 0.3 is 0 Å². The maximum absolute atomic E-state index is 11.9. The molecule has 1 unspecified atom stereocenters. The number of rotatable bonds is 4. The number of aromatic nitrogens is 1. The highest BCUT2D eigenvalue weighted by molar-refractivity contribution is 7.10. The van der Waals surface area contributed by atoms with Gasteiger partial charge in [0.1, 0.15) is 10.7 Å². The molecule has 0 spiro atoms. The van der Waals surface area contributed by atoms with Crippen molar-refractivity contribution in [2.75, 3.05) is 0 Å². The molecule has 0 aromatic carbocycles. The van der Waals surface area contributed by atoms with Crippen LogP contribution >= 0.6 is 22.7 Å². The molecule has 0 radical (unpaired) electrons. The maximum Gasteiger partial charge on any atom is 0.186 e. The van der Waals surface area contributed by atoms with Crippen LogP contribution in [-0.2, 0) is 6.42 Å². The first-order valence-electron chi connectivity index (χ1n) is 4.92. The summed E-state index contributed by atoms with van der Waals surface area (Å²) in [5.41, 5.74) is 7.28. The van der Waals surface area contributed by atoms with E-state index in [1.807, 2.05) is 23.8 Å². The average molecular weight is 252 g/mol. The fourth-order valence-corrected chi connectivity index (χ4v) is 2.74. The van der Waals surface area contributed by atoms with Crippen LogP contribution < -0.4 is 5.73 Å². The summed E-state index contributed by atoms with van der Waals surface area (Å²) in [6.07, 6.45) is 0.422. The van der Waals surface area contributed by atoms with Gasteiger partial charge in [0.2, 0.25) is 0 Å². The minimum atomic E-state index is -0.104. The van der Waals surface area contributed by atoms with Crippen molar-refractivity contribution >= 4 is 28.5 Å². The molecule has 2 rings (SSSR count). The maximum atomic E-state index is 11.9. The monoisotopic (exact) mass is 252 g/mol. The first-order chi connectivity index (χ1) is 7.66. The van der Waals surface area contributed by atoms with Gasteiger partial charge in [0.15, 0.2) is 5.78 Å². The molecule has 5 heteroatoms. The van der Waals surface area contributed by atoms with Crippen molar-refractivity contribution in [3.63, 3.8) is 0 Å². The molecule has 0 fully saturated rings. The van der Waals surface area contributed by atoms with Crippen LogP contribution in [0.2, 0.25) is 0 Å². The van der Waals surface area contributed by atoms with Crippen LogP contribution in [0.5, 0.6) is 0 Å². The molecule has 0 saturated heterocycles. The van der Waals surface area contributed by atoms with E-state index in [4.69, 9.17) is 5.73 Å². The molecule has 0 saturated carbocycles. The van der Waals surface area contributed by atoms with Crippen molar-refractivity contribution in [3.05, 3.63) is 38.5 Å². The number of hydrogen-bond acceptors (Lipinski definition) is 5. The standard InChI is InChI=1S/C11H12N2OS2/c1-7(12)11-13-9(6-16-11)10(14)4-8-2-3-15-5-8/h2-3,5-7H,4,12H2,1H3. The smallest absolute Gasteiger partial charge is 0.186 e. The Balaban J connectivity index is 2.09. The molecule has 1 atom stereocenters. The number of ketones is 1. The first-order valence-corrected chi connectivity index (χ1v) is 6.74. The predicted molar refractivity (Wildman–Crippen MR) is 67.1 cm³/mol. The van der Waals surface area contributed by atoms with E-state index in [1.54, 1.807) is 16.7 Å². The minimum Gasteiger partial charge on any atom is -0.322 e. The summed E-state index contributed by atoms with van der Waals surface area (Å²) in [5.74, 6) is 0.0570. The molecule has 2 N–H and O–H groups in total. The van der Waals surface area contributed by atoms with Crippen LogP contribution in [0.4, 0.5) is 0 Å². The largest absolute Gasteiger partial charge is 0.322 e. The van der Waals surface area contributed by atoms with Crippen molar-refractivity contribution < 1.29 is 4.79 Å². The highest BCUT2D eigenvalue weighted by Gasteiger charge is 2.13. The lowest BCUT2D eigenvalue weighted by Gasteiger charge is -1.97. The number of hydrogen-bond donors (Lipinski definition) is 1. The molecular formula is C11H12N2OS2. The Labute approximate surface area is 102 Å². The zero-order chi connectivity index (χ0) is 11.5. The fourth-order valence-electron chi connectivity index (χ4n) is 1.29. The van der Waals surface area contributed by atoms with Gasteiger partial charge in [0, 0.05) is 11.8 Å². The Morgan fingerprint density at radius 3 is 2.94 bits per heavy atom. The highest BCUT2D eigenvalue weighted by Crippen LogP contribution is 2.17. The number of nitrogens with two attached hydrogens (primary N) is 1. The van der Waals surface area contributed by atoms with E-state index in [-0.39, 0.29) is 11.8 Å². The molecule has 0 aliphatic heterocycles. The third kappa shape index (κ3) is 2.55. The number of carbonyl (C=O) groups is 1. The number of thiophene rings is 1. The van der Waals surface area contributed by atoms with Gasteiger partial charge in [0.05, 0.1) is 6.04 Å². The number of Topliss-reactive ketones (excluding diaryl/α,β-unsaturated/α-hetero) is 1. The van der Waals surface area contributed by atoms with Crippen LogP contribution in [0.1, 0.15) is 34.0 Å². The Kier molecular flexibility index (Phi) is 3.48. The van der Waals surface area contributed by atoms with Gasteiger partial charge < -0.3 is 5.73 Å². The van der Waals surface area contributed by atoms with E-state index >= 15 is 0 Å². The predicted octanol–water partition coefficient (Wildman–Crippen LogP) is 2.65. The van der Waals surface area contributed by atoms with Crippen molar-refractivity contribution in [3.8, 4) is 0 Å². The topological polar surface area (TPSA) is 56.0 Å². The second-order valence-corrected chi connectivity index (χ2v) is 5.26. The lowest BCUT2D eigenvalue weighted by Crippen LogP contribution is -2.07. The van der Waals surface area contributed by atoms with Crippen LogP contribution in [-0.4, -0.2) is 10.8 Å². The average Bonchev–Trinajstić information content (AvgIpc) is 2.86. The summed E-state index contributed by atoms with van der Waals surface area (Å²) in [7, 11) is 0. The summed E-state index contributed by atoms with van der Waals surface area (Å²) >= 11 is 3.04.